The zero-order valence-electron chi connectivity index (χ0n) is 14.1. The monoisotopic (exact) mass is 381 g/mol. The summed E-state index contributed by atoms with van der Waals surface area (Å²) in [7, 11) is 0. The Morgan fingerprint density at radius 3 is 2.82 bits per heavy atom. The van der Waals surface area contributed by atoms with Gasteiger partial charge in [-0.25, -0.2) is 19.4 Å². The van der Waals surface area contributed by atoms with Crippen molar-refractivity contribution in [3.8, 4) is 5.82 Å². The number of fused-ring (bicyclic) bond motifs is 1. The molecule has 1 aromatic carbocycles. The first-order chi connectivity index (χ1) is 13.5. The first-order valence-electron chi connectivity index (χ1n) is 7.90. The summed E-state index contributed by atoms with van der Waals surface area (Å²) in [4.78, 5) is 42.5. The van der Waals surface area contributed by atoms with E-state index in [4.69, 9.17) is 4.42 Å². The van der Waals surface area contributed by atoms with Crippen LogP contribution in [0.5, 0.6) is 0 Å². The number of oxazole rings is 1. The van der Waals surface area contributed by atoms with E-state index in [9.17, 15) is 19.7 Å². The maximum absolute atomic E-state index is 12.3. The number of benzene rings is 1. The molecule has 1 amide bonds. The Kier molecular flexibility index (Phi) is 4.12. The average molecular weight is 381 g/mol. The molecule has 4 rings (SSSR count). The molecule has 140 valence electrons. The number of hydrogen-bond acceptors (Lipinski definition) is 8. The molecule has 0 aliphatic rings. The maximum Gasteiger partial charge on any atom is 0.420 e. The summed E-state index contributed by atoms with van der Waals surface area (Å²) in [6.45, 7) is -0.325. The summed E-state index contributed by atoms with van der Waals surface area (Å²) in [5.74, 6) is -0.752. The highest BCUT2D eigenvalue weighted by atomic mass is 16.6. The summed E-state index contributed by atoms with van der Waals surface area (Å²) in [5, 5.41) is 17.4. The Balaban J connectivity index is 1.51. The lowest BCUT2D eigenvalue weighted by molar-refractivity contribution is -0.384. The van der Waals surface area contributed by atoms with Gasteiger partial charge in [-0.1, -0.05) is 0 Å². The van der Waals surface area contributed by atoms with E-state index in [2.05, 4.69) is 20.4 Å². The molecule has 3 heterocycles. The molecule has 0 unspecified atom stereocenters. The number of pyridine rings is 1. The van der Waals surface area contributed by atoms with Gasteiger partial charge in [-0.2, -0.15) is 5.10 Å². The van der Waals surface area contributed by atoms with Crippen molar-refractivity contribution in [1.29, 1.82) is 0 Å². The highest BCUT2D eigenvalue weighted by molar-refractivity contribution is 5.91. The van der Waals surface area contributed by atoms with Gasteiger partial charge in [0.2, 0.25) is 5.91 Å². The lowest BCUT2D eigenvalue weighted by Crippen LogP contribution is -2.24. The number of rotatable bonds is 5. The second-order valence-electron chi connectivity index (χ2n) is 5.66. The second-order valence-corrected chi connectivity index (χ2v) is 5.66. The highest BCUT2D eigenvalue weighted by Gasteiger charge is 2.16. The van der Waals surface area contributed by atoms with E-state index in [1.165, 1.54) is 35.7 Å². The average Bonchev–Trinajstić information content (AvgIpc) is 3.31. The molecule has 1 N–H and O–H groups in total. The number of anilines is 1. The van der Waals surface area contributed by atoms with Crippen molar-refractivity contribution in [2.24, 2.45) is 0 Å². The number of carbonyl (C=O) groups is 1. The number of non-ortho nitro benzene ring substituents is 1. The molecule has 28 heavy (non-hydrogen) atoms. The van der Waals surface area contributed by atoms with Crippen LogP contribution in [-0.4, -0.2) is 35.1 Å². The zero-order chi connectivity index (χ0) is 19.7. The van der Waals surface area contributed by atoms with Crippen LogP contribution < -0.4 is 11.1 Å². The SMILES string of the molecule is O=C(Cn1c(=O)oc2cc([N+](=O)[O-])ccc21)Nc1ccc(-n2cncn2)nc1. The van der Waals surface area contributed by atoms with Crippen LogP contribution in [0.3, 0.4) is 0 Å². The van der Waals surface area contributed by atoms with Gasteiger partial charge in [0.25, 0.3) is 5.69 Å². The van der Waals surface area contributed by atoms with Crippen LogP contribution in [0, 0.1) is 10.1 Å². The topological polar surface area (TPSA) is 151 Å². The van der Waals surface area contributed by atoms with Crippen molar-refractivity contribution in [3.05, 3.63) is 69.8 Å². The fourth-order valence-corrected chi connectivity index (χ4v) is 2.58. The predicted molar refractivity (Wildman–Crippen MR) is 94.9 cm³/mol. The van der Waals surface area contributed by atoms with Gasteiger partial charge in [0, 0.05) is 6.07 Å². The number of carbonyl (C=O) groups excluding carboxylic acids is 1. The second kappa shape index (κ2) is 6.75. The molecule has 12 heteroatoms. The lowest BCUT2D eigenvalue weighted by atomic mass is 10.3. The molecule has 0 aliphatic carbocycles. The molecule has 4 aromatic rings. The number of amides is 1. The molecular weight excluding hydrogens is 370 g/mol. The van der Waals surface area contributed by atoms with Crippen LogP contribution in [0.4, 0.5) is 11.4 Å². The number of nitro benzene ring substituents is 1. The quantitative estimate of drug-likeness (QED) is 0.399. The van der Waals surface area contributed by atoms with Gasteiger partial charge in [0.05, 0.1) is 28.4 Å². The summed E-state index contributed by atoms with van der Waals surface area (Å²) in [6.07, 6.45) is 4.30. The smallest absolute Gasteiger partial charge is 0.407 e. The zero-order valence-corrected chi connectivity index (χ0v) is 14.1. The molecule has 0 fully saturated rings. The molecule has 0 aliphatic heterocycles. The van der Waals surface area contributed by atoms with E-state index in [1.807, 2.05) is 0 Å². The van der Waals surface area contributed by atoms with E-state index in [0.29, 0.717) is 11.5 Å². The van der Waals surface area contributed by atoms with Crippen LogP contribution in [0.15, 0.2) is 58.4 Å². The van der Waals surface area contributed by atoms with Crippen molar-refractivity contribution in [2.75, 3.05) is 5.32 Å². The highest BCUT2D eigenvalue weighted by Crippen LogP contribution is 2.20. The fraction of sp³-hybridized carbons (Fsp3) is 0.0625. The third kappa shape index (κ3) is 3.21. The number of aromatic nitrogens is 5. The summed E-state index contributed by atoms with van der Waals surface area (Å²) in [6, 6.07) is 7.00. The molecular formula is C16H11N7O5. The van der Waals surface area contributed by atoms with Crippen molar-refractivity contribution in [1.82, 2.24) is 24.3 Å². The minimum Gasteiger partial charge on any atom is -0.407 e. The summed E-state index contributed by atoms with van der Waals surface area (Å²) in [5.41, 5.74) is 0.526. The number of nitrogens with one attached hydrogen (secondary N) is 1. The van der Waals surface area contributed by atoms with Crippen LogP contribution in [0.25, 0.3) is 16.9 Å². The van der Waals surface area contributed by atoms with Gasteiger partial charge < -0.3 is 9.73 Å². The van der Waals surface area contributed by atoms with Gasteiger partial charge in [-0.15, -0.1) is 0 Å². The first-order valence-corrected chi connectivity index (χ1v) is 7.90. The molecule has 0 atom stereocenters. The molecule has 0 bridgehead atoms. The Labute approximate surface area is 155 Å². The molecule has 3 aromatic heterocycles. The standard InChI is InChI=1S/C16H11N7O5/c24-15(20-10-1-4-14(18-6-10)22-9-17-8-19-22)7-21-12-3-2-11(23(26)27)5-13(12)28-16(21)25/h1-6,8-9H,7H2,(H,20,24). The molecule has 0 saturated carbocycles. The van der Waals surface area contributed by atoms with Gasteiger partial charge in [0.15, 0.2) is 11.4 Å². The first kappa shape index (κ1) is 17.1. The Bertz CT molecular complexity index is 1220. The molecule has 0 spiro atoms. The predicted octanol–water partition coefficient (Wildman–Crippen LogP) is 1.12. The molecule has 0 radical (unpaired) electrons. The van der Waals surface area contributed by atoms with Crippen molar-refractivity contribution >= 4 is 28.4 Å². The molecule has 0 saturated heterocycles. The fourth-order valence-electron chi connectivity index (χ4n) is 2.58. The van der Waals surface area contributed by atoms with E-state index in [0.717, 1.165) is 10.6 Å². The largest absolute Gasteiger partial charge is 0.420 e. The Morgan fingerprint density at radius 1 is 1.29 bits per heavy atom. The van der Waals surface area contributed by atoms with Crippen LogP contribution >= 0.6 is 0 Å². The Morgan fingerprint density at radius 2 is 2.14 bits per heavy atom. The van der Waals surface area contributed by atoms with Crippen LogP contribution in [0.2, 0.25) is 0 Å². The number of nitrogens with zero attached hydrogens (tertiary/aromatic N) is 6. The number of nitro groups is 1. The minimum absolute atomic E-state index is 0.0332. The van der Waals surface area contributed by atoms with Gasteiger partial charge in [-0.05, 0) is 18.2 Å². The third-order valence-corrected chi connectivity index (χ3v) is 3.85. The van der Waals surface area contributed by atoms with Crippen LogP contribution in [-0.2, 0) is 11.3 Å². The van der Waals surface area contributed by atoms with Crippen molar-refractivity contribution in [3.63, 3.8) is 0 Å². The normalized spacial score (nSPS) is 10.9. The van der Waals surface area contributed by atoms with E-state index in [-0.39, 0.29) is 23.3 Å². The summed E-state index contributed by atoms with van der Waals surface area (Å²) >= 11 is 0. The Hall–Kier alpha value is -4.35. The van der Waals surface area contributed by atoms with E-state index in [1.54, 1.807) is 12.1 Å². The third-order valence-electron chi connectivity index (χ3n) is 3.85. The van der Waals surface area contributed by atoms with Gasteiger partial charge in [-0.3, -0.25) is 19.5 Å². The molecule has 12 nitrogen and oxygen atoms in total. The summed E-state index contributed by atoms with van der Waals surface area (Å²) < 4.78 is 7.54. The maximum atomic E-state index is 12.3. The van der Waals surface area contributed by atoms with E-state index >= 15 is 0 Å². The number of hydrogen-bond donors (Lipinski definition) is 1. The van der Waals surface area contributed by atoms with Crippen molar-refractivity contribution < 1.29 is 14.1 Å². The van der Waals surface area contributed by atoms with Crippen molar-refractivity contribution in [2.45, 2.75) is 6.54 Å². The minimum atomic E-state index is -0.787. The van der Waals surface area contributed by atoms with Gasteiger partial charge >= 0.3 is 5.76 Å². The lowest BCUT2D eigenvalue weighted by Gasteiger charge is -2.06. The van der Waals surface area contributed by atoms with Gasteiger partial charge in [0.1, 0.15) is 19.2 Å². The van der Waals surface area contributed by atoms with Crippen LogP contribution in [0.1, 0.15) is 0 Å². The van der Waals surface area contributed by atoms with E-state index < -0.39 is 16.6 Å².